The van der Waals surface area contributed by atoms with Crippen LogP contribution in [0.15, 0.2) is 6.07 Å². The molecule has 1 aromatic heterocycles. The molecule has 1 aliphatic heterocycles. The lowest BCUT2D eigenvalue weighted by Gasteiger charge is -2.42. The summed E-state index contributed by atoms with van der Waals surface area (Å²) >= 11 is 0. The lowest BCUT2D eigenvalue weighted by atomic mass is 9.99. The molecule has 2 N–H and O–H groups in total. The highest BCUT2D eigenvalue weighted by atomic mass is 16.5. The molecule has 0 saturated carbocycles. The van der Waals surface area contributed by atoms with E-state index in [0.29, 0.717) is 25.5 Å². The van der Waals surface area contributed by atoms with Gasteiger partial charge in [-0.1, -0.05) is 0 Å². The average Bonchev–Trinajstić information content (AvgIpc) is 2.42. The van der Waals surface area contributed by atoms with Crippen LogP contribution in [0.2, 0.25) is 0 Å². The molecule has 1 saturated heterocycles. The first kappa shape index (κ1) is 15.5. The van der Waals surface area contributed by atoms with Crippen LogP contribution in [-0.4, -0.2) is 48.2 Å². The third-order valence-corrected chi connectivity index (χ3v) is 3.52. The topological polar surface area (TPSA) is 79.4 Å². The summed E-state index contributed by atoms with van der Waals surface area (Å²) in [5.41, 5.74) is -0.638. The van der Waals surface area contributed by atoms with Crippen LogP contribution in [0.4, 0.5) is 11.6 Å². The fraction of sp³-hybridized carbons (Fsp3) is 0.643. The third kappa shape index (κ3) is 3.24. The number of carbonyl (C=O) groups is 1. The van der Waals surface area contributed by atoms with Crippen molar-refractivity contribution in [1.29, 1.82) is 0 Å². The van der Waals surface area contributed by atoms with Gasteiger partial charge in [0.15, 0.2) is 5.82 Å². The molecule has 0 spiro atoms. The summed E-state index contributed by atoms with van der Waals surface area (Å²) in [4.78, 5) is 23.0. The average molecular weight is 293 g/mol. The predicted molar refractivity (Wildman–Crippen MR) is 81.3 cm³/mol. The maximum absolute atomic E-state index is 12.1. The largest absolute Gasteiger partial charge is 0.377 e. The minimum absolute atomic E-state index is 0.00524. The Kier molecular flexibility index (Phi) is 4.62. The van der Waals surface area contributed by atoms with E-state index in [4.69, 9.17) is 4.74 Å². The molecule has 2 rings (SSSR count). The van der Waals surface area contributed by atoms with Gasteiger partial charge in [-0.25, -0.2) is 9.97 Å². The molecule has 0 bridgehead atoms. The molecule has 116 valence electrons. The highest BCUT2D eigenvalue weighted by Crippen LogP contribution is 2.26. The summed E-state index contributed by atoms with van der Waals surface area (Å²) < 4.78 is 5.13. The van der Waals surface area contributed by atoms with E-state index in [0.717, 1.165) is 18.2 Å². The Labute approximate surface area is 125 Å². The van der Waals surface area contributed by atoms with Gasteiger partial charge < -0.3 is 20.3 Å². The van der Waals surface area contributed by atoms with E-state index in [-0.39, 0.29) is 5.91 Å². The molecule has 1 aromatic rings. The van der Waals surface area contributed by atoms with Crippen molar-refractivity contribution in [3.05, 3.63) is 11.9 Å². The molecule has 1 aliphatic rings. The molecule has 0 aliphatic carbocycles. The van der Waals surface area contributed by atoms with E-state index in [1.165, 1.54) is 0 Å². The summed E-state index contributed by atoms with van der Waals surface area (Å²) in [6.45, 7) is 8.24. The van der Waals surface area contributed by atoms with Crippen LogP contribution in [0.25, 0.3) is 0 Å². The summed E-state index contributed by atoms with van der Waals surface area (Å²) in [7, 11) is 1.61. The molecule has 7 nitrogen and oxygen atoms in total. The van der Waals surface area contributed by atoms with Gasteiger partial charge in [0.1, 0.15) is 23.8 Å². The molecular formula is C14H23N5O2. The fourth-order valence-electron chi connectivity index (χ4n) is 2.39. The predicted octanol–water partition coefficient (Wildman–Crippen LogP) is 0.770. The van der Waals surface area contributed by atoms with Gasteiger partial charge in [-0.2, -0.15) is 0 Å². The lowest BCUT2D eigenvalue weighted by molar-refractivity contribution is -0.126. The fourth-order valence-corrected chi connectivity index (χ4v) is 2.39. The zero-order valence-corrected chi connectivity index (χ0v) is 13.1. The first-order chi connectivity index (χ1) is 9.98. The number of piperazine rings is 1. The quantitative estimate of drug-likeness (QED) is 0.835. The Morgan fingerprint density at radius 3 is 2.90 bits per heavy atom. The number of rotatable bonds is 5. The standard InChI is InChI=1S/C14H23N5O2/c1-5-15-10-8-12(18-11(17-10)9-21-4)19-7-6-16-13(20)14(19,2)3/h8H,5-7,9H2,1-4H3,(H,16,20)(H,15,17,18). The van der Waals surface area contributed by atoms with Crippen LogP contribution in [-0.2, 0) is 16.1 Å². The number of nitrogens with zero attached hydrogens (tertiary/aromatic N) is 3. The number of ether oxygens (including phenoxy) is 1. The minimum atomic E-state index is -0.638. The summed E-state index contributed by atoms with van der Waals surface area (Å²) in [6.07, 6.45) is 0. The second kappa shape index (κ2) is 6.26. The van der Waals surface area contributed by atoms with Crippen molar-refractivity contribution < 1.29 is 9.53 Å². The zero-order valence-electron chi connectivity index (χ0n) is 13.1. The maximum Gasteiger partial charge on any atom is 0.245 e. The van der Waals surface area contributed by atoms with Crippen molar-refractivity contribution in [3.8, 4) is 0 Å². The molecule has 0 radical (unpaired) electrons. The van der Waals surface area contributed by atoms with Gasteiger partial charge in [0.2, 0.25) is 5.91 Å². The number of nitrogens with one attached hydrogen (secondary N) is 2. The van der Waals surface area contributed by atoms with Crippen LogP contribution in [0.1, 0.15) is 26.6 Å². The van der Waals surface area contributed by atoms with E-state index in [1.54, 1.807) is 7.11 Å². The van der Waals surface area contributed by atoms with Gasteiger partial charge in [-0.3, -0.25) is 4.79 Å². The van der Waals surface area contributed by atoms with Gasteiger partial charge in [0, 0.05) is 32.8 Å². The molecule has 21 heavy (non-hydrogen) atoms. The van der Waals surface area contributed by atoms with Crippen LogP contribution < -0.4 is 15.5 Å². The molecular weight excluding hydrogens is 270 g/mol. The summed E-state index contributed by atoms with van der Waals surface area (Å²) in [6, 6.07) is 1.88. The second-order valence-corrected chi connectivity index (χ2v) is 5.46. The number of aromatic nitrogens is 2. The van der Waals surface area contributed by atoms with Crippen LogP contribution in [0.3, 0.4) is 0 Å². The first-order valence-electron chi connectivity index (χ1n) is 7.15. The minimum Gasteiger partial charge on any atom is -0.377 e. The highest BCUT2D eigenvalue weighted by molar-refractivity contribution is 5.90. The number of hydrogen-bond acceptors (Lipinski definition) is 6. The van der Waals surface area contributed by atoms with Crippen molar-refractivity contribution in [1.82, 2.24) is 15.3 Å². The van der Waals surface area contributed by atoms with E-state index < -0.39 is 5.54 Å². The molecule has 7 heteroatoms. The van der Waals surface area contributed by atoms with Crippen molar-refractivity contribution in [2.45, 2.75) is 32.9 Å². The van der Waals surface area contributed by atoms with Gasteiger partial charge in [0.05, 0.1) is 0 Å². The molecule has 1 amide bonds. The van der Waals surface area contributed by atoms with E-state index in [1.807, 2.05) is 31.7 Å². The molecule has 1 fully saturated rings. The Balaban J connectivity index is 2.38. The van der Waals surface area contributed by atoms with E-state index in [2.05, 4.69) is 20.6 Å². The normalized spacial score (nSPS) is 17.5. The first-order valence-corrected chi connectivity index (χ1v) is 7.15. The zero-order chi connectivity index (χ0) is 15.5. The Morgan fingerprint density at radius 2 is 2.24 bits per heavy atom. The summed E-state index contributed by atoms with van der Waals surface area (Å²) in [5, 5.41) is 6.08. The van der Waals surface area contributed by atoms with Crippen molar-refractivity contribution >= 4 is 17.5 Å². The van der Waals surface area contributed by atoms with E-state index in [9.17, 15) is 4.79 Å². The van der Waals surface area contributed by atoms with Crippen LogP contribution in [0.5, 0.6) is 0 Å². The molecule has 2 heterocycles. The van der Waals surface area contributed by atoms with Crippen LogP contribution in [0, 0.1) is 0 Å². The molecule has 0 atom stereocenters. The number of hydrogen-bond donors (Lipinski definition) is 2. The van der Waals surface area contributed by atoms with Crippen molar-refractivity contribution in [2.75, 3.05) is 37.0 Å². The Morgan fingerprint density at radius 1 is 1.48 bits per heavy atom. The molecule has 0 aromatic carbocycles. The lowest BCUT2D eigenvalue weighted by Crippen LogP contribution is -2.62. The van der Waals surface area contributed by atoms with Gasteiger partial charge >= 0.3 is 0 Å². The Hall–Kier alpha value is -1.89. The number of carbonyl (C=O) groups excluding carboxylic acids is 1. The summed E-state index contributed by atoms with van der Waals surface area (Å²) in [5.74, 6) is 2.10. The number of amides is 1. The third-order valence-electron chi connectivity index (χ3n) is 3.52. The highest BCUT2D eigenvalue weighted by Gasteiger charge is 2.38. The van der Waals surface area contributed by atoms with Gasteiger partial charge in [-0.15, -0.1) is 0 Å². The van der Waals surface area contributed by atoms with Gasteiger partial charge in [-0.05, 0) is 20.8 Å². The van der Waals surface area contributed by atoms with E-state index >= 15 is 0 Å². The number of anilines is 2. The van der Waals surface area contributed by atoms with Crippen LogP contribution >= 0.6 is 0 Å². The second-order valence-electron chi connectivity index (χ2n) is 5.46. The molecule has 0 unspecified atom stereocenters. The van der Waals surface area contributed by atoms with Gasteiger partial charge in [0.25, 0.3) is 0 Å². The Bertz CT molecular complexity index is 494. The SMILES string of the molecule is CCNc1cc(N2CCNC(=O)C2(C)C)nc(COC)n1. The maximum atomic E-state index is 12.1. The smallest absolute Gasteiger partial charge is 0.245 e. The van der Waals surface area contributed by atoms with Crippen molar-refractivity contribution in [3.63, 3.8) is 0 Å². The number of methoxy groups -OCH3 is 1. The van der Waals surface area contributed by atoms with Crippen molar-refractivity contribution in [2.24, 2.45) is 0 Å². The monoisotopic (exact) mass is 293 g/mol.